The molecule has 0 aliphatic heterocycles. The number of fused-ring (bicyclic) bond motifs is 2. The summed E-state index contributed by atoms with van der Waals surface area (Å²) in [5, 5.41) is 4.12. The van der Waals surface area contributed by atoms with E-state index in [4.69, 9.17) is 0 Å². The Morgan fingerprint density at radius 2 is 1.12 bits per heavy atom. The fourth-order valence-electron chi connectivity index (χ4n) is 3.16. The van der Waals surface area contributed by atoms with E-state index in [-0.39, 0.29) is 5.75 Å². The Morgan fingerprint density at radius 1 is 0.625 bits per heavy atom. The first-order chi connectivity index (χ1) is 11.6. The topological polar surface area (TPSA) is 34.1 Å². The van der Waals surface area contributed by atoms with Crippen molar-refractivity contribution < 1.29 is 8.42 Å². The van der Waals surface area contributed by atoms with E-state index in [0.717, 1.165) is 27.1 Å². The molecule has 4 aromatic rings. The summed E-state index contributed by atoms with van der Waals surface area (Å²) in [5.74, 6) is -0.00111. The molecule has 4 rings (SSSR count). The molecule has 0 spiro atoms. The van der Waals surface area contributed by atoms with Crippen LogP contribution in [0.4, 0.5) is 0 Å². The molecule has 0 amide bonds. The smallest absolute Gasteiger partial charge is 0.182 e. The maximum atomic E-state index is 12.9. The fourth-order valence-corrected chi connectivity index (χ4v) is 4.59. The Labute approximate surface area is 141 Å². The molecule has 2 nitrogen and oxygen atoms in total. The Hall–Kier alpha value is -2.65. The molecule has 0 fully saturated rings. The maximum absolute atomic E-state index is 12.9. The summed E-state index contributed by atoms with van der Waals surface area (Å²) in [6.45, 7) is 0. The lowest BCUT2D eigenvalue weighted by Crippen LogP contribution is -2.06. The second-order valence-electron chi connectivity index (χ2n) is 5.87. The van der Waals surface area contributed by atoms with Crippen LogP contribution >= 0.6 is 0 Å². The second-order valence-corrected chi connectivity index (χ2v) is 7.86. The van der Waals surface area contributed by atoms with Crippen LogP contribution in [0.15, 0.2) is 89.8 Å². The monoisotopic (exact) mass is 332 g/mol. The molecular weight excluding hydrogens is 316 g/mol. The number of sulfone groups is 1. The van der Waals surface area contributed by atoms with Crippen LogP contribution in [-0.2, 0) is 15.6 Å². The highest BCUT2D eigenvalue weighted by atomic mass is 32.2. The summed E-state index contributed by atoms with van der Waals surface area (Å²) in [4.78, 5) is 0.363. The Balaban J connectivity index is 1.98. The van der Waals surface area contributed by atoms with Crippen LogP contribution in [-0.4, -0.2) is 8.42 Å². The first-order valence-corrected chi connectivity index (χ1v) is 9.47. The van der Waals surface area contributed by atoms with Crippen molar-refractivity contribution in [2.24, 2.45) is 0 Å². The molecule has 0 bridgehead atoms. The molecule has 0 aromatic heterocycles. The van der Waals surface area contributed by atoms with Crippen molar-refractivity contribution >= 4 is 31.4 Å². The molecule has 24 heavy (non-hydrogen) atoms. The standard InChI is InChI=1S/C21H16O2S/c22-24(23,18-10-2-1-3-11-18)15-21-19-12-6-4-8-16(19)14-17-9-5-7-13-20(17)21/h1-14H,15H2. The van der Waals surface area contributed by atoms with E-state index in [0.29, 0.717) is 4.90 Å². The minimum atomic E-state index is -3.40. The SMILES string of the molecule is O=S(=O)(Cc1c2ccccc2cc2ccccc12)c1ccccc1. The van der Waals surface area contributed by atoms with E-state index >= 15 is 0 Å². The molecule has 118 valence electrons. The van der Waals surface area contributed by atoms with Crippen molar-refractivity contribution in [3.8, 4) is 0 Å². The van der Waals surface area contributed by atoms with Crippen LogP contribution in [0.5, 0.6) is 0 Å². The highest BCUT2D eigenvalue weighted by Crippen LogP contribution is 2.31. The van der Waals surface area contributed by atoms with Gasteiger partial charge < -0.3 is 0 Å². The Morgan fingerprint density at radius 3 is 1.71 bits per heavy atom. The number of benzene rings is 4. The van der Waals surface area contributed by atoms with Crippen LogP contribution in [0.1, 0.15) is 5.56 Å². The lowest BCUT2D eigenvalue weighted by molar-refractivity contribution is 0.595. The molecule has 0 aliphatic carbocycles. The van der Waals surface area contributed by atoms with Crippen LogP contribution in [0, 0.1) is 0 Å². The van der Waals surface area contributed by atoms with Gasteiger partial charge in [-0.15, -0.1) is 0 Å². The summed E-state index contributed by atoms with van der Waals surface area (Å²) < 4.78 is 25.8. The van der Waals surface area contributed by atoms with Gasteiger partial charge >= 0.3 is 0 Å². The van der Waals surface area contributed by atoms with Crippen molar-refractivity contribution in [1.82, 2.24) is 0 Å². The molecule has 0 radical (unpaired) electrons. The molecule has 0 atom stereocenters. The minimum Gasteiger partial charge on any atom is -0.223 e. The zero-order valence-electron chi connectivity index (χ0n) is 13.0. The normalized spacial score (nSPS) is 11.8. The summed E-state index contributed by atoms with van der Waals surface area (Å²) in [5.41, 5.74) is 0.868. The van der Waals surface area contributed by atoms with E-state index in [2.05, 4.69) is 6.07 Å². The fraction of sp³-hybridized carbons (Fsp3) is 0.0476. The van der Waals surface area contributed by atoms with Gasteiger partial charge in [0.05, 0.1) is 10.6 Å². The van der Waals surface area contributed by atoms with Crippen molar-refractivity contribution in [2.45, 2.75) is 10.6 Å². The van der Waals surface area contributed by atoms with E-state index in [9.17, 15) is 8.42 Å². The molecule has 3 heteroatoms. The van der Waals surface area contributed by atoms with Gasteiger partial charge in [-0.2, -0.15) is 0 Å². The lowest BCUT2D eigenvalue weighted by atomic mass is 9.98. The van der Waals surface area contributed by atoms with Crippen LogP contribution in [0.25, 0.3) is 21.5 Å². The highest BCUT2D eigenvalue weighted by Gasteiger charge is 2.18. The first-order valence-electron chi connectivity index (χ1n) is 7.82. The van der Waals surface area contributed by atoms with Crippen LogP contribution in [0.2, 0.25) is 0 Å². The van der Waals surface area contributed by atoms with E-state index in [1.807, 2.05) is 54.6 Å². The number of rotatable bonds is 3. The summed E-state index contributed by atoms with van der Waals surface area (Å²) >= 11 is 0. The van der Waals surface area contributed by atoms with Crippen molar-refractivity contribution in [2.75, 3.05) is 0 Å². The lowest BCUT2D eigenvalue weighted by Gasteiger charge is -2.12. The minimum absolute atomic E-state index is 0.00111. The Bertz CT molecular complexity index is 1080. The summed E-state index contributed by atoms with van der Waals surface area (Å²) in [6, 6.07) is 26.7. The molecule has 0 N–H and O–H groups in total. The van der Waals surface area contributed by atoms with Crippen LogP contribution in [0.3, 0.4) is 0 Å². The predicted molar refractivity (Wildman–Crippen MR) is 98.8 cm³/mol. The molecule has 0 saturated heterocycles. The average molecular weight is 332 g/mol. The maximum Gasteiger partial charge on any atom is 0.182 e. The van der Waals surface area contributed by atoms with E-state index in [1.54, 1.807) is 24.3 Å². The summed E-state index contributed by atoms with van der Waals surface area (Å²) in [6.07, 6.45) is 0. The number of hydrogen-bond acceptors (Lipinski definition) is 2. The quantitative estimate of drug-likeness (QED) is 0.497. The van der Waals surface area contributed by atoms with Crippen LogP contribution < -0.4 is 0 Å². The highest BCUT2D eigenvalue weighted by molar-refractivity contribution is 7.90. The molecule has 0 unspecified atom stereocenters. The molecule has 0 saturated carbocycles. The largest absolute Gasteiger partial charge is 0.223 e. The van der Waals surface area contributed by atoms with Gasteiger partial charge in [0.25, 0.3) is 0 Å². The van der Waals surface area contributed by atoms with Crippen molar-refractivity contribution in [1.29, 1.82) is 0 Å². The number of hydrogen-bond donors (Lipinski definition) is 0. The third-order valence-electron chi connectivity index (χ3n) is 4.32. The molecule has 0 heterocycles. The van der Waals surface area contributed by atoms with E-state index in [1.165, 1.54) is 0 Å². The van der Waals surface area contributed by atoms with Crippen molar-refractivity contribution in [3.63, 3.8) is 0 Å². The van der Waals surface area contributed by atoms with Gasteiger partial charge in [-0.1, -0.05) is 66.7 Å². The average Bonchev–Trinajstić information content (AvgIpc) is 2.62. The first kappa shape index (κ1) is 14.9. The molecule has 4 aromatic carbocycles. The zero-order chi connectivity index (χ0) is 16.6. The third kappa shape index (κ3) is 2.57. The third-order valence-corrected chi connectivity index (χ3v) is 5.98. The van der Waals surface area contributed by atoms with E-state index < -0.39 is 9.84 Å². The second kappa shape index (κ2) is 5.77. The van der Waals surface area contributed by atoms with Gasteiger partial charge in [-0.05, 0) is 45.3 Å². The van der Waals surface area contributed by atoms with Gasteiger partial charge in [0.2, 0.25) is 0 Å². The van der Waals surface area contributed by atoms with Gasteiger partial charge in [0, 0.05) is 0 Å². The predicted octanol–water partition coefficient (Wildman–Crippen LogP) is 4.97. The van der Waals surface area contributed by atoms with Gasteiger partial charge in [-0.3, -0.25) is 0 Å². The molecular formula is C21H16O2S. The molecule has 0 aliphatic rings. The van der Waals surface area contributed by atoms with Gasteiger partial charge in [0.1, 0.15) is 0 Å². The zero-order valence-corrected chi connectivity index (χ0v) is 13.8. The van der Waals surface area contributed by atoms with Crippen molar-refractivity contribution in [3.05, 3.63) is 90.5 Å². The van der Waals surface area contributed by atoms with Gasteiger partial charge in [-0.25, -0.2) is 8.42 Å². The van der Waals surface area contributed by atoms with Gasteiger partial charge in [0.15, 0.2) is 9.84 Å². The summed E-state index contributed by atoms with van der Waals surface area (Å²) in [7, 11) is -3.40. The Kier molecular flexibility index (Phi) is 3.58.